The molecule has 0 radical (unpaired) electrons. The molecule has 4 heterocycles. The van der Waals surface area contributed by atoms with Gasteiger partial charge in [0.25, 0.3) is 0 Å². The van der Waals surface area contributed by atoms with Gasteiger partial charge in [-0.1, -0.05) is 12.1 Å². The van der Waals surface area contributed by atoms with E-state index in [4.69, 9.17) is 9.72 Å². The summed E-state index contributed by atoms with van der Waals surface area (Å²) in [6.07, 6.45) is 10.2. The van der Waals surface area contributed by atoms with Crippen LogP contribution in [-0.2, 0) is 11.8 Å². The zero-order chi connectivity index (χ0) is 30.5. The lowest BCUT2D eigenvalue weighted by Gasteiger charge is -2.40. The first-order valence-electron chi connectivity index (χ1n) is 13.9. The van der Waals surface area contributed by atoms with Crippen LogP contribution in [0.3, 0.4) is 0 Å². The van der Waals surface area contributed by atoms with Gasteiger partial charge in [-0.15, -0.1) is 0 Å². The molecule has 13 heteroatoms. The van der Waals surface area contributed by atoms with Crippen LogP contribution in [-0.4, -0.2) is 91.7 Å². The summed E-state index contributed by atoms with van der Waals surface area (Å²) in [5, 5.41) is 7.38. The van der Waals surface area contributed by atoms with Gasteiger partial charge in [0.05, 0.1) is 11.9 Å². The smallest absolute Gasteiger partial charge is 0.322 e. The molecule has 1 saturated heterocycles. The molecule has 3 aromatic heterocycles. The van der Waals surface area contributed by atoms with Crippen molar-refractivity contribution < 1.29 is 13.9 Å². The van der Waals surface area contributed by atoms with E-state index >= 15 is 4.39 Å². The molecule has 224 valence electrons. The maximum absolute atomic E-state index is 15.3. The number of carbonyl (C=O) groups excluding carboxylic acids is 1. The van der Waals surface area contributed by atoms with Gasteiger partial charge in [-0.05, 0) is 51.7 Å². The second kappa shape index (κ2) is 12.9. The number of ether oxygens (including phenoxy) is 1. The molecule has 1 fully saturated rings. The summed E-state index contributed by atoms with van der Waals surface area (Å²) in [5.74, 6) is 0.417. The van der Waals surface area contributed by atoms with Crippen LogP contribution in [0, 0.1) is 12.7 Å². The molecule has 0 unspecified atom stereocenters. The molecule has 0 aliphatic carbocycles. The second-order valence-electron chi connectivity index (χ2n) is 10.7. The third-order valence-corrected chi connectivity index (χ3v) is 6.89. The first-order chi connectivity index (χ1) is 20.7. The molecule has 1 aliphatic rings. The van der Waals surface area contributed by atoms with Crippen molar-refractivity contribution in [3.05, 3.63) is 72.7 Å². The fraction of sp³-hybridized carbons (Fsp3) is 0.333. The number of piperazine rings is 1. The van der Waals surface area contributed by atoms with Gasteiger partial charge in [0.15, 0.2) is 11.6 Å². The number of anilines is 3. The largest absolute Gasteiger partial charge is 0.421 e. The normalized spacial score (nSPS) is 15.4. The molecule has 1 amide bonds. The Bertz CT molecular complexity index is 1620. The molecule has 1 N–H and O–H groups in total. The number of halogens is 1. The zero-order valence-electron chi connectivity index (χ0n) is 24.9. The van der Waals surface area contributed by atoms with Crippen molar-refractivity contribution in [2.45, 2.75) is 19.9 Å². The molecule has 0 bridgehead atoms. The highest BCUT2D eigenvalue weighted by molar-refractivity contribution is 5.88. The van der Waals surface area contributed by atoms with Crippen molar-refractivity contribution in [1.82, 2.24) is 39.5 Å². The highest BCUT2D eigenvalue weighted by Gasteiger charge is 2.29. The molecule has 4 aromatic rings. The predicted molar refractivity (Wildman–Crippen MR) is 162 cm³/mol. The molecule has 1 aromatic carbocycles. The van der Waals surface area contributed by atoms with E-state index in [1.54, 1.807) is 54.5 Å². The summed E-state index contributed by atoms with van der Waals surface area (Å²) in [6.45, 7) is 6.11. The van der Waals surface area contributed by atoms with Crippen LogP contribution in [0.5, 0.6) is 11.8 Å². The van der Waals surface area contributed by atoms with E-state index in [1.807, 2.05) is 50.1 Å². The van der Waals surface area contributed by atoms with E-state index in [0.29, 0.717) is 54.8 Å². The van der Waals surface area contributed by atoms with Crippen LogP contribution in [0.1, 0.15) is 12.6 Å². The van der Waals surface area contributed by atoms with E-state index < -0.39 is 5.82 Å². The average molecular weight is 587 g/mol. The SMILES string of the molecule is Cc1ccnc(Oc2ccc(-c3cnc(Nc4cnn(C)c4)nc3N3CCN(C(=O)/C=C/CN(C)C)[C@H](C)C3)cc2F)n1. The maximum atomic E-state index is 15.3. The molecule has 0 saturated carbocycles. The van der Waals surface area contributed by atoms with Crippen LogP contribution in [0.4, 0.5) is 21.8 Å². The Morgan fingerprint density at radius 3 is 2.72 bits per heavy atom. The number of rotatable bonds is 9. The summed E-state index contributed by atoms with van der Waals surface area (Å²) >= 11 is 0. The van der Waals surface area contributed by atoms with Gasteiger partial charge in [-0.3, -0.25) is 9.48 Å². The van der Waals surface area contributed by atoms with Crippen LogP contribution in [0.25, 0.3) is 11.1 Å². The van der Waals surface area contributed by atoms with Gasteiger partial charge >= 0.3 is 6.01 Å². The lowest BCUT2D eigenvalue weighted by molar-refractivity contribution is -0.128. The van der Waals surface area contributed by atoms with Gasteiger partial charge in [0.1, 0.15) is 5.82 Å². The maximum Gasteiger partial charge on any atom is 0.322 e. The summed E-state index contributed by atoms with van der Waals surface area (Å²) in [4.78, 5) is 36.5. The van der Waals surface area contributed by atoms with Crippen molar-refractivity contribution >= 4 is 23.4 Å². The summed E-state index contributed by atoms with van der Waals surface area (Å²) in [5.41, 5.74) is 2.67. The lowest BCUT2D eigenvalue weighted by Crippen LogP contribution is -2.54. The van der Waals surface area contributed by atoms with Crippen LogP contribution >= 0.6 is 0 Å². The Labute approximate surface area is 249 Å². The Kier molecular flexibility index (Phi) is 8.90. The molecule has 5 rings (SSSR count). The van der Waals surface area contributed by atoms with Crippen LogP contribution < -0.4 is 15.0 Å². The number of likely N-dealkylation sites (N-methyl/N-ethyl adjacent to an activating group) is 1. The fourth-order valence-electron chi connectivity index (χ4n) is 4.75. The van der Waals surface area contributed by atoms with Crippen molar-refractivity contribution in [2.24, 2.45) is 7.05 Å². The molecular formula is C30H35FN10O2. The molecule has 12 nitrogen and oxygen atoms in total. The third-order valence-electron chi connectivity index (χ3n) is 6.89. The minimum absolute atomic E-state index is 0.00903. The predicted octanol–water partition coefficient (Wildman–Crippen LogP) is 3.81. The monoisotopic (exact) mass is 586 g/mol. The van der Waals surface area contributed by atoms with Crippen molar-refractivity contribution in [3.63, 3.8) is 0 Å². The van der Waals surface area contributed by atoms with Gasteiger partial charge in [-0.2, -0.15) is 10.1 Å². The molecule has 1 atom stereocenters. The van der Waals surface area contributed by atoms with Crippen molar-refractivity contribution in [1.29, 1.82) is 0 Å². The number of nitrogens with one attached hydrogen (secondary N) is 1. The quantitative estimate of drug-likeness (QED) is 0.290. The van der Waals surface area contributed by atoms with Gasteiger partial charge in [-0.25, -0.2) is 19.3 Å². The highest BCUT2D eigenvalue weighted by Crippen LogP contribution is 2.34. The number of amides is 1. The summed E-state index contributed by atoms with van der Waals surface area (Å²) in [7, 11) is 5.74. The third kappa shape index (κ3) is 7.30. The second-order valence-corrected chi connectivity index (χ2v) is 10.7. The first kappa shape index (κ1) is 29.6. The van der Waals surface area contributed by atoms with E-state index in [1.165, 1.54) is 6.07 Å². The van der Waals surface area contributed by atoms with Gasteiger partial charge in [0, 0.05) is 75.2 Å². The Morgan fingerprint density at radius 2 is 2.02 bits per heavy atom. The number of carbonyl (C=O) groups is 1. The first-order valence-corrected chi connectivity index (χ1v) is 13.9. The number of aryl methyl sites for hydroxylation is 2. The fourth-order valence-corrected chi connectivity index (χ4v) is 4.75. The molecule has 0 spiro atoms. The molecule has 43 heavy (non-hydrogen) atoms. The lowest BCUT2D eigenvalue weighted by atomic mass is 10.1. The van der Waals surface area contributed by atoms with E-state index in [9.17, 15) is 4.79 Å². The number of hydrogen-bond donors (Lipinski definition) is 1. The van der Waals surface area contributed by atoms with Gasteiger partial charge in [0.2, 0.25) is 11.9 Å². The minimum atomic E-state index is -0.570. The summed E-state index contributed by atoms with van der Waals surface area (Å²) < 4.78 is 22.6. The zero-order valence-corrected chi connectivity index (χ0v) is 24.9. The van der Waals surface area contributed by atoms with Crippen LogP contribution in [0.2, 0.25) is 0 Å². The van der Waals surface area contributed by atoms with Crippen molar-refractivity contribution in [3.8, 4) is 22.9 Å². The van der Waals surface area contributed by atoms with E-state index in [0.717, 1.165) is 5.69 Å². The van der Waals surface area contributed by atoms with Crippen LogP contribution in [0.15, 0.2) is 61.2 Å². The minimum Gasteiger partial charge on any atom is -0.421 e. The van der Waals surface area contributed by atoms with E-state index in [-0.39, 0.29) is 23.7 Å². The number of nitrogens with zero attached hydrogens (tertiary/aromatic N) is 9. The van der Waals surface area contributed by atoms with Gasteiger partial charge < -0.3 is 24.8 Å². The summed E-state index contributed by atoms with van der Waals surface area (Å²) in [6, 6.07) is 6.41. The topological polar surface area (TPSA) is 117 Å². The highest BCUT2D eigenvalue weighted by atomic mass is 19.1. The van der Waals surface area contributed by atoms with E-state index in [2.05, 4.69) is 30.3 Å². The Hall–Kier alpha value is -4.91. The molecule has 1 aliphatic heterocycles. The van der Waals surface area contributed by atoms with Crippen molar-refractivity contribution in [2.75, 3.05) is 50.5 Å². The average Bonchev–Trinajstić information content (AvgIpc) is 3.38. The Balaban J connectivity index is 1.42. The number of hydrogen-bond acceptors (Lipinski definition) is 10. The number of aromatic nitrogens is 6. The molecular weight excluding hydrogens is 551 g/mol. The standard InChI is InChI=1S/C30H35FN10O2/c1-20-10-11-32-30(35-20)43-26-9-8-22(15-25(26)31)24-17-33-29(36-23-16-34-39(5)19-23)37-28(24)40-13-14-41(21(2)18-40)27(42)7-6-12-38(3)4/h6-11,15-17,19,21H,12-14,18H2,1-5H3,(H,33,36,37)/b7-6+/t21-/m1/s1. The Morgan fingerprint density at radius 1 is 1.19 bits per heavy atom. The number of benzene rings is 1.